The smallest absolute Gasteiger partial charge is 0.212 e. The fourth-order valence-electron chi connectivity index (χ4n) is 3.76. The monoisotopic (exact) mass is 381 g/mol. The van der Waals surface area contributed by atoms with E-state index in [9.17, 15) is 0 Å². The molecular formula is C19H19N5S2. The summed E-state index contributed by atoms with van der Waals surface area (Å²) < 4.78 is 2.51. The van der Waals surface area contributed by atoms with Crippen molar-refractivity contribution < 1.29 is 0 Å². The summed E-state index contributed by atoms with van der Waals surface area (Å²) in [6, 6.07) is 10.3. The van der Waals surface area contributed by atoms with Crippen molar-refractivity contribution in [3.63, 3.8) is 0 Å². The molecule has 5 nitrogen and oxygen atoms in total. The summed E-state index contributed by atoms with van der Waals surface area (Å²) in [7, 11) is 0. The van der Waals surface area contributed by atoms with Crippen molar-refractivity contribution in [3.8, 4) is 0 Å². The van der Waals surface area contributed by atoms with E-state index in [1.165, 1.54) is 27.8 Å². The average molecular weight is 382 g/mol. The first-order valence-electron chi connectivity index (χ1n) is 8.90. The normalized spacial score (nSPS) is 16.9. The summed E-state index contributed by atoms with van der Waals surface area (Å²) in [5.41, 5.74) is 3.52. The third kappa shape index (κ3) is 2.54. The van der Waals surface area contributed by atoms with Crippen LogP contribution in [0.2, 0.25) is 0 Å². The lowest BCUT2D eigenvalue weighted by molar-refractivity contribution is 0.508. The van der Waals surface area contributed by atoms with Crippen LogP contribution >= 0.6 is 23.6 Å². The number of fused-ring (bicyclic) bond motifs is 5. The minimum atomic E-state index is 0.578. The maximum Gasteiger partial charge on any atom is 0.212 e. The number of H-pyrrole nitrogens is 1. The highest BCUT2D eigenvalue weighted by molar-refractivity contribution is 7.71. The van der Waals surface area contributed by atoms with Crippen LogP contribution in [-0.2, 0) is 19.4 Å². The number of benzene rings is 1. The average Bonchev–Trinajstić information content (AvgIpc) is 3.21. The predicted molar refractivity (Wildman–Crippen MR) is 109 cm³/mol. The fourth-order valence-corrected chi connectivity index (χ4v) is 5.19. The zero-order valence-electron chi connectivity index (χ0n) is 14.5. The van der Waals surface area contributed by atoms with Gasteiger partial charge < -0.3 is 5.32 Å². The zero-order chi connectivity index (χ0) is 17.7. The van der Waals surface area contributed by atoms with E-state index in [1.54, 1.807) is 0 Å². The van der Waals surface area contributed by atoms with Crippen molar-refractivity contribution in [2.75, 3.05) is 5.32 Å². The van der Waals surface area contributed by atoms with E-state index in [0.717, 1.165) is 29.3 Å². The van der Waals surface area contributed by atoms with Crippen LogP contribution in [0.1, 0.15) is 29.3 Å². The topological polar surface area (TPSA) is 58.0 Å². The molecule has 2 N–H and O–H groups in total. The van der Waals surface area contributed by atoms with E-state index in [4.69, 9.17) is 17.2 Å². The quantitative estimate of drug-likeness (QED) is 0.503. The molecule has 3 aromatic heterocycles. The van der Waals surface area contributed by atoms with Gasteiger partial charge in [-0.05, 0) is 48.5 Å². The van der Waals surface area contributed by atoms with Gasteiger partial charge in [0.1, 0.15) is 4.83 Å². The van der Waals surface area contributed by atoms with Gasteiger partial charge in [0.15, 0.2) is 5.65 Å². The third-order valence-electron chi connectivity index (χ3n) is 5.10. The molecule has 0 amide bonds. The molecule has 1 unspecified atom stereocenters. The van der Waals surface area contributed by atoms with Gasteiger partial charge >= 0.3 is 0 Å². The summed E-state index contributed by atoms with van der Waals surface area (Å²) in [5.74, 6) is 1.46. The van der Waals surface area contributed by atoms with Gasteiger partial charge in [-0.15, -0.1) is 11.3 Å². The number of aryl methyl sites for hydroxylation is 1. The molecule has 132 valence electrons. The van der Waals surface area contributed by atoms with E-state index in [-0.39, 0.29) is 0 Å². The third-order valence-corrected chi connectivity index (χ3v) is 6.56. The van der Waals surface area contributed by atoms with Crippen molar-refractivity contribution >= 4 is 45.4 Å². The van der Waals surface area contributed by atoms with Crippen LogP contribution in [0.3, 0.4) is 0 Å². The van der Waals surface area contributed by atoms with E-state index in [1.807, 2.05) is 33.9 Å². The number of aromatic nitrogens is 4. The first kappa shape index (κ1) is 16.0. The van der Waals surface area contributed by atoms with E-state index >= 15 is 0 Å². The second kappa shape index (κ2) is 6.17. The highest BCUT2D eigenvalue weighted by Gasteiger charge is 2.24. The standard InChI is InChI=1S/C19H19N5S2/c1-11-7-8-14-13(9-11)15-16-22-23-19(25)24(16)18(21-17(15)26-14)20-10-12-5-3-2-4-6-12/h2-6,11H,7-10H2,1H3,(H,20,21)(H,23,25). The second-order valence-electron chi connectivity index (χ2n) is 6.99. The predicted octanol–water partition coefficient (Wildman–Crippen LogP) is 4.74. The Hall–Kier alpha value is -2.25. The summed E-state index contributed by atoms with van der Waals surface area (Å²) in [6.07, 6.45) is 3.49. The lowest BCUT2D eigenvalue weighted by Gasteiger charge is -2.18. The first-order valence-corrected chi connectivity index (χ1v) is 10.1. The molecular weight excluding hydrogens is 362 g/mol. The maximum atomic E-state index is 5.49. The molecule has 7 heteroatoms. The number of rotatable bonds is 3. The number of nitrogens with zero attached hydrogens (tertiary/aromatic N) is 3. The highest BCUT2D eigenvalue weighted by atomic mass is 32.1. The molecule has 0 bridgehead atoms. The van der Waals surface area contributed by atoms with Gasteiger partial charge in [0.2, 0.25) is 10.7 Å². The summed E-state index contributed by atoms with van der Waals surface area (Å²) >= 11 is 7.30. The molecule has 1 aromatic carbocycles. The lowest BCUT2D eigenvalue weighted by atomic mass is 9.89. The van der Waals surface area contributed by atoms with Gasteiger partial charge in [-0.2, -0.15) is 5.10 Å². The Bertz CT molecular complexity index is 1160. The minimum Gasteiger partial charge on any atom is -0.351 e. The molecule has 3 heterocycles. The summed E-state index contributed by atoms with van der Waals surface area (Å²) in [5, 5.41) is 12.1. The molecule has 1 aliphatic rings. The number of hydrogen-bond donors (Lipinski definition) is 2. The zero-order valence-corrected chi connectivity index (χ0v) is 16.1. The second-order valence-corrected chi connectivity index (χ2v) is 8.46. The lowest BCUT2D eigenvalue weighted by Crippen LogP contribution is -2.10. The number of thiophene rings is 1. The largest absolute Gasteiger partial charge is 0.351 e. The van der Waals surface area contributed by atoms with Crippen LogP contribution in [-0.4, -0.2) is 19.6 Å². The molecule has 0 saturated carbocycles. The minimum absolute atomic E-state index is 0.578. The summed E-state index contributed by atoms with van der Waals surface area (Å²) in [6.45, 7) is 3.02. The molecule has 0 spiro atoms. The van der Waals surface area contributed by atoms with Crippen molar-refractivity contribution in [1.29, 1.82) is 0 Å². The Morgan fingerprint density at radius 1 is 1.35 bits per heavy atom. The molecule has 26 heavy (non-hydrogen) atoms. The Morgan fingerprint density at radius 2 is 2.19 bits per heavy atom. The van der Waals surface area contributed by atoms with E-state index < -0.39 is 0 Å². The van der Waals surface area contributed by atoms with E-state index in [2.05, 4.69) is 34.6 Å². The summed E-state index contributed by atoms with van der Waals surface area (Å²) in [4.78, 5) is 7.44. The number of nitrogens with one attached hydrogen (secondary N) is 2. The van der Waals surface area contributed by atoms with Crippen LogP contribution in [0.4, 0.5) is 5.95 Å². The van der Waals surface area contributed by atoms with Gasteiger partial charge in [-0.25, -0.2) is 9.38 Å². The molecule has 0 saturated heterocycles. The van der Waals surface area contributed by atoms with Gasteiger partial charge in [0, 0.05) is 11.4 Å². The van der Waals surface area contributed by atoms with Crippen LogP contribution in [0.15, 0.2) is 30.3 Å². The number of hydrogen-bond acceptors (Lipinski definition) is 5. The Balaban J connectivity index is 1.66. The molecule has 4 aromatic rings. The molecule has 1 atom stereocenters. The fraction of sp³-hybridized carbons (Fsp3) is 0.316. The SMILES string of the molecule is CC1CCc2sc3nc(NCc4ccccc4)n4c(=S)[nH]nc4c3c2C1. The molecule has 0 radical (unpaired) electrons. The van der Waals surface area contributed by atoms with Crippen molar-refractivity contribution in [3.05, 3.63) is 51.1 Å². The maximum absolute atomic E-state index is 5.49. The van der Waals surface area contributed by atoms with Gasteiger partial charge in [-0.1, -0.05) is 37.3 Å². The van der Waals surface area contributed by atoms with Crippen molar-refractivity contribution in [1.82, 2.24) is 19.6 Å². The van der Waals surface area contributed by atoms with Crippen LogP contribution < -0.4 is 5.32 Å². The number of aromatic amines is 1. The van der Waals surface area contributed by atoms with Gasteiger partial charge in [0.05, 0.1) is 5.39 Å². The Morgan fingerprint density at radius 3 is 3.04 bits per heavy atom. The van der Waals surface area contributed by atoms with Crippen molar-refractivity contribution in [2.24, 2.45) is 5.92 Å². The van der Waals surface area contributed by atoms with Crippen LogP contribution in [0.25, 0.3) is 15.9 Å². The molecule has 1 aliphatic carbocycles. The molecule has 5 rings (SSSR count). The van der Waals surface area contributed by atoms with Gasteiger partial charge in [0.25, 0.3) is 0 Å². The van der Waals surface area contributed by atoms with Crippen LogP contribution in [0.5, 0.6) is 0 Å². The molecule has 0 fully saturated rings. The Labute approximate surface area is 160 Å². The van der Waals surface area contributed by atoms with E-state index in [0.29, 0.717) is 17.2 Å². The van der Waals surface area contributed by atoms with Crippen molar-refractivity contribution in [2.45, 2.75) is 32.7 Å². The Kier molecular flexibility index (Phi) is 3.79. The van der Waals surface area contributed by atoms with Gasteiger partial charge in [-0.3, -0.25) is 5.10 Å². The molecule has 0 aliphatic heterocycles. The number of anilines is 1. The van der Waals surface area contributed by atoms with Crippen LogP contribution in [0, 0.1) is 10.7 Å². The first-order chi connectivity index (χ1) is 12.7. The highest BCUT2D eigenvalue weighted by Crippen LogP contribution is 2.39.